The predicted octanol–water partition coefficient (Wildman–Crippen LogP) is 4.40. The number of carbonyl (C=O) groups is 2. The van der Waals surface area contributed by atoms with Crippen molar-refractivity contribution < 1.29 is 18.7 Å². The van der Waals surface area contributed by atoms with E-state index in [2.05, 4.69) is 24.5 Å². The molecule has 0 saturated heterocycles. The summed E-state index contributed by atoms with van der Waals surface area (Å²) >= 11 is 0. The highest BCUT2D eigenvalue weighted by molar-refractivity contribution is 6.05. The molecule has 2 N–H and O–H groups in total. The molecule has 0 saturated carbocycles. The average molecular weight is 418 g/mol. The molecule has 0 aliphatic rings. The lowest BCUT2D eigenvalue weighted by molar-refractivity contribution is -0.117. The lowest BCUT2D eigenvalue weighted by atomic mass is 10.2. The summed E-state index contributed by atoms with van der Waals surface area (Å²) < 4.78 is 10.9. The van der Waals surface area contributed by atoms with Crippen LogP contribution < -0.4 is 15.4 Å². The van der Waals surface area contributed by atoms with E-state index in [1.807, 2.05) is 30.3 Å². The molecule has 3 rings (SSSR count). The highest BCUT2D eigenvalue weighted by Crippen LogP contribution is 2.14. The van der Waals surface area contributed by atoms with Crippen molar-refractivity contribution in [2.75, 3.05) is 6.61 Å². The summed E-state index contributed by atoms with van der Waals surface area (Å²) in [4.78, 5) is 25.5. The van der Waals surface area contributed by atoms with Crippen LogP contribution in [0.25, 0.3) is 6.08 Å². The van der Waals surface area contributed by atoms with E-state index in [0.717, 1.165) is 5.56 Å². The number of benzene rings is 2. The van der Waals surface area contributed by atoms with Gasteiger partial charge in [-0.3, -0.25) is 9.59 Å². The molecule has 0 aliphatic heterocycles. The standard InChI is InChI=1S/C25H26N2O4/c1-18(2)17-31-21-12-10-20(11-13-21)24(28)27-23(15-22-9-6-14-30-22)25(29)26-16-19-7-4-3-5-8-19/h3-15,18H,16-17H2,1-2H3,(H,26,29)(H,27,28)/b23-15-. The number of nitrogens with one attached hydrogen (secondary N) is 2. The van der Waals surface area contributed by atoms with Crippen LogP contribution in [0.15, 0.2) is 83.1 Å². The molecule has 0 spiro atoms. The molecule has 6 nitrogen and oxygen atoms in total. The van der Waals surface area contributed by atoms with Crippen molar-refractivity contribution in [2.24, 2.45) is 5.92 Å². The molecule has 0 unspecified atom stereocenters. The van der Waals surface area contributed by atoms with Gasteiger partial charge in [0.1, 0.15) is 17.2 Å². The third-order valence-electron chi connectivity index (χ3n) is 4.32. The molecule has 0 radical (unpaired) electrons. The van der Waals surface area contributed by atoms with Gasteiger partial charge in [0.15, 0.2) is 0 Å². The van der Waals surface area contributed by atoms with E-state index >= 15 is 0 Å². The molecular formula is C25H26N2O4. The van der Waals surface area contributed by atoms with Crippen molar-refractivity contribution in [1.82, 2.24) is 10.6 Å². The molecule has 1 heterocycles. The smallest absolute Gasteiger partial charge is 0.268 e. The zero-order chi connectivity index (χ0) is 22.1. The molecule has 2 amide bonds. The Labute approximate surface area is 181 Å². The minimum absolute atomic E-state index is 0.0935. The second-order valence-electron chi connectivity index (χ2n) is 7.43. The van der Waals surface area contributed by atoms with Crippen molar-refractivity contribution in [1.29, 1.82) is 0 Å². The molecule has 160 valence electrons. The van der Waals surface area contributed by atoms with E-state index in [1.165, 1.54) is 12.3 Å². The average Bonchev–Trinajstić information content (AvgIpc) is 3.30. The van der Waals surface area contributed by atoms with E-state index in [0.29, 0.717) is 36.1 Å². The second kappa shape index (κ2) is 10.8. The van der Waals surface area contributed by atoms with Gasteiger partial charge in [-0.2, -0.15) is 0 Å². The molecule has 31 heavy (non-hydrogen) atoms. The fraction of sp³-hybridized carbons (Fsp3) is 0.200. The van der Waals surface area contributed by atoms with E-state index in [9.17, 15) is 9.59 Å². The first-order chi connectivity index (χ1) is 15.0. The van der Waals surface area contributed by atoms with Gasteiger partial charge in [-0.1, -0.05) is 44.2 Å². The summed E-state index contributed by atoms with van der Waals surface area (Å²) in [7, 11) is 0. The van der Waals surface area contributed by atoms with Crippen LogP contribution >= 0.6 is 0 Å². The molecule has 1 aromatic heterocycles. The Balaban J connectivity index is 1.69. The summed E-state index contributed by atoms with van der Waals surface area (Å²) in [5.74, 6) is 0.750. The molecule has 0 aliphatic carbocycles. The van der Waals surface area contributed by atoms with Crippen molar-refractivity contribution in [2.45, 2.75) is 20.4 Å². The summed E-state index contributed by atoms with van der Waals surface area (Å²) in [5, 5.41) is 5.51. The van der Waals surface area contributed by atoms with E-state index in [-0.39, 0.29) is 5.70 Å². The van der Waals surface area contributed by atoms with Gasteiger partial charge in [-0.25, -0.2) is 0 Å². The van der Waals surface area contributed by atoms with Crippen LogP contribution in [0.4, 0.5) is 0 Å². The lowest BCUT2D eigenvalue weighted by Crippen LogP contribution is -2.34. The Morgan fingerprint density at radius 2 is 1.74 bits per heavy atom. The number of hydrogen-bond acceptors (Lipinski definition) is 4. The Morgan fingerprint density at radius 1 is 1.00 bits per heavy atom. The van der Waals surface area contributed by atoms with Crippen LogP contribution in [0.1, 0.15) is 35.5 Å². The molecule has 2 aromatic carbocycles. The van der Waals surface area contributed by atoms with Crippen LogP contribution in [0.3, 0.4) is 0 Å². The highest BCUT2D eigenvalue weighted by atomic mass is 16.5. The Hall–Kier alpha value is -3.80. The minimum atomic E-state index is -0.412. The molecule has 3 aromatic rings. The number of rotatable bonds is 9. The van der Waals surface area contributed by atoms with Gasteiger partial charge in [-0.05, 0) is 47.9 Å². The number of carbonyl (C=O) groups excluding carboxylic acids is 2. The van der Waals surface area contributed by atoms with E-state index in [1.54, 1.807) is 36.4 Å². The van der Waals surface area contributed by atoms with Crippen molar-refractivity contribution in [3.8, 4) is 5.75 Å². The van der Waals surface area contributed by atoms with Crippen molar-refractivity contribution in [3.05, 3.63) is 95.6 Å². The topological polar surface area (TPSA) is 80.6 Å². The van der Waals surface area contributed by atoms with Crippen LogP contribution in [0.5, 0.6) is 5.75 Å². The molecular weight excluding hydrogens is 392 g/mol. The summed E-state index contributed by atoms with van der Waals surface area (Å²) in [6.07, 6.45) is 3.00. The van der Waals surface area contributed by atoms with Gasteiger partial charge >= 0.3 is 0 Å². The van der Waals surface area contributed by atoms with E-state index in [4.69, 9.17) is 9.15 Å². The third kappa shape index (κ3) is 6.89. The molecule has 0 bridgehead atoms. The SMILES string of the molecule is CC(C)COc1ccc(C(=O)N/C(=C\c2ccco2)C(=O)NCc2ccccc2)cc1. The van der Waals surface area contributed by atoms with Gasteiger partial charge in [0.05, 0.1) is 12.9 Å². The normalized spacial score (nSPS) is 11.3. The molecule has 0 fully saturated rings. The first-order valence-electron chi connectivity index (χ1n) is 10.1. The second-order valence-corrected chi connectivity index (χ2v) is 7.43. The van der Waals surface area contributed by atoms with Crippen LogP contribution in [0, 0.1) is 5.92 Å². The largest absolute Gasteiger partial charge is 0.493 e. The zero-order valence-corrected chi connectivity index (χ0v) is 17.6. The summed E-state index contributed by atoms with van der Waals surface area (Å²) in [6.45, 7) is 5.07. The maximum absolute atomic E-state index is 12.8. The summed E-state index contributed by atoms with van der Waals surface area (Å²) in [5.41, 5.74) is 1.46. The Morgan fingerprint density at radius 3 is 2.39 bits per heavy atom. The first kappa shape index (κ1) is 21.9. The fourth-order valence-electron chi connectivity index (χ4n) is 2.71. The van der Waals surface area contributed by atoms with Gasteiger partial charge in [0, 0.05) is 18.2 Å². The minimum Gasteiger partial charge on any atom is -0.493 e. The monoisotopic (exact) mass is 418 g/mol. The zero-order valence-electron chi connectivity index (χ0n) is 17.6. The van der Waals surface area contributed by atoms with Gasteiger partial charge in [-0.15, -0.1) is 0 Å². The van der Waals surface area contributed by atoms with Gasteiger partial charge < -0.3 is 19.8 Å². The van der Waals surface area contributed by atoms with Gasteiger partial charge in [0.25, 0.3) is 11.8 Å². The maximum Gasteiger partial charge on any atom is 0.268 e. The maximum atomic E-state index is 12.8. The van der Waals surface area contributed by atoms with Crippen molar-refractivity contribution >= 4 is 17.9 Å². The first-order valence-corrected chi connectivity index (χ1v) is 10.1. The Bertz CT molecular complexity index is 1010. The van der Waals surface area contributed by atoms with Crippen LogP contribution in [-0.4, -0.2) is 18.4 Å². The number of amides is 2. The van der Waals surface area contributed by atoms with Crippen molar-refractivity contribution in [3.63, 3.8) is 0 Å². The lowest BCUT2D eigenvalue weighted by Gasteiger charge is -2.12. The highest BCUT2D eigenvalue weighted by Gasteiger charge is 2.15. The number of ether oxygens (including phenoxy) is 1. The number of hydrogen-bond donors (Lipinski definition) is 2. The number of furan rings is 1. The molecule has 0 atom stereocenters. The quantitative estimate of drug-likeness (QED) is 0.505. The molecule has 6 heteroatoms. The van der Waals surface area contributed by atoms with Crippen LogP contribution in [-0.2, 0) is 11.3 Å². The summed E-state index contributed by atoms with van der Waals surface area (Å²) in [6, 6.07) is 19.8. The Kier molecular flexibility index (Phi) is 7.65. The van der Waals surface area contributed by atoms with E-state index < -0.39 is 11.8 Å². The fourth-order valence-corrected chi connectivity index (χ4v) is 2.71. The van der Waals surface area contributed by atoms with Gasteiger partial charge in [0.2, 0.25) is 0 Å². The predicted molar refractivity (Wildman–Crippen MR) is 119 cm³/mol. The third-order valence-corrected chi connectivity index (χ3v) is 4.32. The van der Waals surface area contributed by atoms with Crippen LogP contribution in [0.2, 0.25) is 0 Å².